The van der Waals surface area contributed by atoms with Crippen LogP contribution in [-0.2, 0) is 5.41 Å². The zero-order valence-corrected chi connectivity index (χ0v) is 14.1. The van der Waals surface area contributed by atoms with Crippen molar-refractivity contribution in [1.29, 1.82) is 0 Å². The molecule has 0 spiro atoms. The maximum Gasteiger partial charge on any atom is 0.119 e. The Hall–Kier alpha value is -0.280. The summed E-state index contributed by atoms with van der Waals surface area (Å²) in [6.07, 6.45) is 2.17. The lowest BCUT2D eigenvalue weighted by Gasteiger charge is -2.31. The van der Waals surface area contributed by atoms with E-state index in [9.17, 15) is 5.11 Å². The Morgan fingerprint density at radius 1 is 1.44 bits per heavy atom. The molecule has 1 aliphatic carbocycles. The summed E-state index contributed by atoms with van der Waals surface area (Å²) in [5, 5.41) is 10.3. The van der Waals surface area contributed by atoms with Crippen LogP contribution in [-0.4, -0.2) is 5.11 Å². The second kappa shape index (κ2) is 5.01. The molecule has 18 heavy (non-hydrogen) atoms. The Balaban J connectivity index is 2.52. The predicted octanol–water partition coefficient (Wildman–Crippen LogP) is 5.43. The molecule has 1 aliphatic rings. The molecule has 1 aromatic carbocycles. The van der Waals surface area contributed by atoms with Crippen molar-refractivity contribution < 1.29 is 5.11 Å². The Labute approximate surface area is 126 Å². The third-order valence-electron chi connectivity index (χ3n) is 4.48. The summed E-state index contributed by atoms with van der Waals surface area (Å²) >= 11 is 7.02. The first-order valence-corrected chi connectivity index (χ1v) is 7.89. The smallest absolute Gasteiger partial charge is 0.119 e. The Morgan fingerprint density at radius 2 is 2.11 bits per heavy atom. The lowest BCUT2D eigenvalue weighted by molar-refractivity contribution is 0.369. The lowest BCUT2D eigenvalue weighted by atomic mass is 9.73. The van der Waals surface area contributed by atoms with E-state index in [-0.39, 0.29) is 5.41 Å². The van der Waals surface area contributed by atoms with Crippen molar-refractivity contribution in [2.45, 2.75) is 39.0 Å². The highest BCUT2D eigenvalue weighted by molar-refractivity contribution is 9.11. The van der Waals surface area contributed by atoms with Crippen molar-refractivity contribution in [3.05, 3.63) is 38.3 Å². The van der Waals surface area contributed by atoms with Crippen molar-refractivity contribution in [2.24, 2.45) is 5.92 Å². The average Bonchev–Trinajstić information content (AvgIpc) is 2.61. The lowest BCUT2D eigenvalue weighted by Crippen LogP contribution is -2.25. The summed E-state index contributed by atoms with van der Waals surface area (Å²) < 4.78 is 1.07. The van der Waals surface area contributed by atoms with Gasteiger partial charge in [-0.1, -0.05) is 51.3 Å². The summed E-state index contributed by atoms with van der Waals surface area (Å²) in [5.74, 6) is 0.859. The molecule has 2 rings (SSSR count). The molecule has 98 valence electrons. The van der Waals surface area contributed by atoms with Gasteiger partial charge in [0, 0.05) is 15.5 Å². The number of phenols is 1. The monoisotopic (exact) mass is 372 g/mol. The third kappa shape index (κ3) is 2.16. The molecule has 0 heterocycles. The molecule has 0 radical (unpaired) electrons. The van der Waals surface area contributed by atoms with Crippen LogP contribution in [0.5, 0.6) is 5.75 Å². The van der Waals surface area contributed by atoms with Crippen LogP contribution < -0.4 is 0 Å². The molecule has 2 atom stereocenters. The normalized spacial score (nSPS) is 30.1. The molecule has 0 saturated heterocycles. The van der Waals surface area contributed by atoms with Gasteiger partial charge in [0.2, 0.25) is 0 Å². The molecule has 1 N–H and O–H groups in total. The van der Waals surface area contributed by atoms with Crippen LogP contribution in [0.25, 0.3) is 0 Å². The van der Waals surface area contributed by atoms with E-state index in [0.717, 1.165) is 28.4 Å². The predicted molar refractivity (Wildman–Crippen MR) is 83.3 cm³/mol. The van der Waals surface area contributed by atoms with E-state index < -0.39 is 0 Å². The minimum absolute atomic E-state index is 0.0138. The molecular formula is C15H18Br2O. The van der Waals surface area contributed by atoms with Gasteiger partial charge in [0.15, 0.2) is 0 Å². The van der Waals surface area contributed by atoms with Crippen molar-refractivity contribution >= 4 is 31.9 Å². The number of hydrogen-bond acceptors (Lipinski definition) is 1. The zero-order valence-electron chi connectivity index (χ0n) is 10.9. The highest BCUT2D eigenvalue weighted by atomic mass is 79.9. The number of allylic oxidation sites excluding steroid dienone is 1. The number of rotatable bonds is 1. The van der Waals surface area contributed by atoms with Crippen molar-refractivity contribution in [3.63, 3.8) is 0 Å². The van der Waals surface area contributed by atoms with Crippen LogP contribution in [0.15, 0.2) is 27.2 Å². The topological polar surface area (TPSA) is 20.2 Å². The van der Waals surface area contributed by atoms with Gasteiger partial charge in [0.1, 0.15) is 5.75 Å². The molecule has 0 aliphatic heterocycles. The van der Waals surface area contributed by atoms with E-state index >= 15 is 0 Å². The van der Waals surface area contributed by atoms with E-state index in [1.54, 1.807) is 0 Å². The standard InChI is InChI=1S/C15H18Br2O/c1-9-6-14(18)12(7-13(9)17)15(3)5-4-11(8-16)10(15)2/h6-8,10,18H,4-5H2,1-3H3/b11-8+/t10-,15+/m0/s1. The van der Waals surface area contributed by atoms with Crippen LogP contribution in [0, 0.1) is 12.8 Å². The highest BCUT2D eigenvalue weighted by Gasteiger charge is 2.41. The molecule has 0 unspecified atom stereocenters. The number of halogens is 2. The maximum atomic E-state index is 10.3. The van der Waals surface area contributed by atoms with Gasteiger partial charge in [0.25, 0.3) is 0 Å². The molecule has 1 saturated carbocycles. The Kier molecular flexibility index (Phi) is 3.93. The van der Waals surface area contributed by atoms with Gasteiger partial charge in [-0.05, 0) is 48.4 Å². The van der Waals surface area contributed by atoms with E-state index in [2.05, 4.69) is 51.8 Å². The Morgan fingerprint density at radius 3 is 2.67 bits per heavy atom. The third-order valence-corrected chi connectivity index (χ3v) is 5.92. The molecule has 1 fully saturated rings. The molecule has 0 aromatic heterocycles. The van der Waals surface area contributed by atoms with E-state index in [1.807, 2.05) is 18.0 Å². The van der Waals surface area contributed by atoms with Gasteiger partial charge in [-0.25, -0.2) is 0 Å². The van der Waals surface area contributed by atoms with Crippen LogP contribution in [0.2, 0.25) is 0 Å². The number of aryl methyl sites for hydroxylation is 1. The summed E-state index contributed by atoms with van der Waals surface area (Å²) in [4.78, 5) is 2.04. The maximum absolute atomic E-state index is 10.3. The largest absolute Gasteiger partial charge is 0.508 e. The van der Waals surface area contributed by atoms with Crippen molar-refractivity contribution in [1.82, 2.24) is 0 Å². The second-order valence-electron chi connectivity index (χ2n) is 5.44. The number of phenolic OH excluding ortho intramolecular Hbond substituents is 1. The van der Waals surface area contributed by atoms with Gasteiger partial charge in [-0.15, -0.1) is 0 Å². The second-order valence-corrected chi connectivity index (χ2v) is 6.75. The fourth-order valence-electron chi connectivity index (χ4n) is 2.89. The van der Waals surface area contributed by atoms with Crippen molar-refractivity contribution in [2.75, 3.05) is 0 Å². The Bertz CT molecular complexity index is 507. The first-order valence-electron chi connectivity index (χ1n) is 6.19. The number of benzene rings is 1. The van der Waals surface area contributed by atoms with Crippen LogP contribution in [0.4, 0.5) is 0 Å². The van der Waals surface area contributed by atoms with E-state index in [1.165, 1.54) is 5.57 Å². The summed E-state index contributed by atoms with van der Waals surface area (Å²) in [5.41, 5.74) is 3.56. The molecule has 0 bridgehead atoms. The molecular weight excluding hydrogens is 356 g/mol. The number of aromatic hydroxyl groups is 1. The van der Waals surface area contributed by atoms with Gasteiger partial charge in [-0.2, -0.15) is 0 Å². The SMILES string of the molecule is Cc1cc(O)c([C@]2(C)CC/C(=C\Br)[C@@H]2C)cc1Br. The molecule has 0 amide bonds. The zero-order chi connectivity index (χ0) is 13.5. The minimum Gasteiger partial charge on any atom is -0.508 e. The van der Waals surface area contributed by atoms with Gasteiger partial charge < -0.3 is 5.11 Å². The van der Waals surface area contributed by atoms with Crippen LogP contribution in [0.1, 0.15) is 37.8 Å². The van der Waals surface area contributed by atoms with Crippen LogP contribution in [0.3, 0.4) is 0 Å². The molecule has 3 heteroatoms. The summed E-state index contributed by atoms with van der Waals surface area (Å²) in [7, 11) is 0. The van der Waals surface area contributed by atoms with E-state index in [4.69, 9.17) is 0 Å². The average molecular weight is 374 g/mol. The van der Waals surface area contributed by atoms with Gasteiger partial charge in [0.05, 0.1) is 0 Å². The quantitative estimate of drug-likeness (QED) is 0.695. The van der Waals surface area contributed by atoms with Crippen molar-refractivity contribution in [3.8, 4) is 5.75 Å². The molecule has 1 nitrogen and oxygen atoms in total. The summed E-state index contributed by atoms with van der Waals surface area (Å²) in [6.45, 7) is 6.49. The van der Waals surface area contributed by atoms with Crippen LogP contribution >= 0.6 is 31.9 Å². The minimum atomic E-state index is 0.0138. The summed E-state index contributed by atoms with van der Waals surface area (Å²) in [6, 6.07) is 3.94. The van der Waals surface area contributed by atoms with Gasteiger partial charge in [-0.3, -0.25) is 0 Å². The fraction of sp³-hybridized carbons (Fsp3) is 0.467. The highest BCUT2D eigenvalue weighted by Crippen LogP contribution is 2.51. The fourth-order valence-corrected chi connectivity index (χ4v) is 3.86. The first-order chi connectivity index (χ1) is 8.40. The van der Waals surface area contributed by atoms with E-state index in [0.29, 0.717) is 11.7 Å². The number of hydrogen-bond donors (Lipinski definition) is 1. The first kappa shape index (κ1) is 14.1. The molecule has 1 aromatic rings. The van der Waals surface area contributed by atoms with Gasteiger partial charge >= 0.3 is 0 Å².